The molecule has 0 heterocycles. The zero-order valence-electron chi connectivity index (χ0n) is 13.1. The summed E-state index contributed by atoms with van der Waals surface area (Å²) in [6.07, 6.45) is -0.0664. The van der Waals surface area contributed by atoms with E-state index in [1.54, 1.807) is 6.92 Å². The Balaban J connectivity index is 3.03. The van der Waals surface area contributed by atoms with Gasteiger partial charge in [0.1, 0.15) is 5.82 Å². The van der Waals surface area contributed by atoms with Gasteiger partial charge in [-0.3, -0.25) is 9.59 Å². The topological polar surface area (TPSA) is 55.4 Å². The Morgan fingerprint density at radius 2 is 1.95 bits per heavy atom. The Kier molecular flexibility index (Phi) is 5.61. The summed E-state index contributed by atoms with van der Waals surface area (Å²) in [7, 11) is 1.28. The third-order valence-electron chi connectivity index (χ3n) is 2.96. The van der Waals surface area contributed by atoms with Gasteiger partial charge < -0.3 is 10.1 Å². The second-order valence-electron chi connectivity index (χ2n) is 6.06. The minimum absolute atomic E-state index is 0.0664. The Morgan fingerprint density at radius 1 is 1.33 bits per heavy atom. The van der Waals surface area contributed by atoms with Crippen LogP contribution in [0.25, 0.3) is 0 Å². The molecule has 0 radical (unpaired) electrons. The van der Waals surface area contributed by atoms with Crippen LogP contribution in [0, 0.1) is 12.7 Å². The highest BCUT2D eigenvalue weighted by Gasteiger charge is 2.27. The smallest absolute Gasteiger partial charge is 0.307 e. The number of nitrogens with one attached hydrogen (secondary N) is 1. The van der Waals surface area contributed by atoms with Crippen LogP contribution in [0.4, 0.5) is 4.39 Å². The molecular formula is C16H22FNO3. The number of halogens is 1. The molecule has 0 fully saturated rings. The first-order valence-corrected chi connectivity index (χ1v) is 6.79. The first-order valence-electron chi connectivity index (χ1n) is 6.79. The Hall–Kier alpha value is -1.75. The molecule has 0 amide bonds. The van der Waals surface area contributed by atoms with E-state index >= 15 is 0 Å². The molecule has 1 aromatic carbocycles. The summed E-state index contributed by atoms with van der Waals surface area (Å²) in [5, 5.41) is 3.11. The van der Waals surface area contributed by atoms with Crippen molar-refractivity contribution in [3.05, 3.63) is 35.1 Å². The molecular weight excluding hydrogens is 273 g/mol. The molecule has 0 spiro atoms. The highest BCUT2D eigenvalue weighted by atomic mass is 19.1. The van der Waals surface area contributed by atoms with Crippen LogP contribution in [0.3, 0.4) is 0 Å². The van der Waals surface area contributed by atoms with Crippen LogP contribution >= 0.6 is 0 Å². The van der Waals surface area contributed by atoms with E-state index in [2.05, 4.69) is 10.1 Å². The molecule has 1 N–H and O–H groups in total. The second-order valence-corrected chi connectivity index (χ2v) is 6.06. The molecule has 0 aliphatic carbocycles. The van der Waals surface area contributed by atoms with Gasteiger partial charge in [0.2, 0.25) is 0 Å². The van der Waals surface area contributed by atoms with Gasteiger partial charge in [-0.25, -0.2) is 4.39 Å². The van der Waals surface area contributed by atoms with Crippen LogP contribution in [-0.2, 0) is 9.53 Å². The number of rotatable bonds is 5. The number of aryl methyl sites for hydroxylation is 1. The number of hydrogen-bond donors (Lipinski definition) is 1. The fraction of sp³-hybridized carbons (Fsp3) is 0.500. The Morgan fingerprint density at radius 3 is 2.43 bits per heavy atom. The lowest BCUT2D eigenvalue weighted by Crippen LogP contribution is -2.48. The molecule has 21 heavy (non-hydrogen) atoms. The van der Waals surface area contributed by atoms with E-state index < -0.39 is 12.0 Å². The molecule has 1 atom stereocenters. The molecule has 4 nitrogen and oxygen atoms in total. The van der Waals surface area contributed by atoms with Crippen LogP contribution in [0.1, 0.15) is 43.1 Å². The molecule has 0 saturated heterocycles. The molecule has 0 aromatic heterocycles. The van der Waals surface area contributed by atoms with E-state index in [4.69, 9.17) is 0 Å². The number of carbonyl (C=O) groups excluding carboxylic acids is 2. The maximum Gasteiger partial charge on any atom is 0.307 e. The van der Waals surface area contributed by atoms with E-state index in [1.165, 1.54) is 25.3 Å². The lowest BCUT2D eigenvalue weighted by atomic mass is 9.97. The Bertz CT molecular complexity index is 535. The van der Waals surface area contributed by atoms with Gasteiger partial charge in [-0.2, -0.15) is 0 Å². The summed E-state index contributed by atoms with van der Waals surface area (Å²) in [4.78, 5) is 24.0. The molecule has 0 aliphatic heterocycles. The van der Waals surface area contributed by atoms with Crippen LogP contribution in [0.5, 0.6) is 0 Å². The number of Topliss-reactive ketones (excluding diaryl/α,β-unsaturated/α-hetero) is 1. The van der Waals surface area contributed by atoms with Crippen molar-refractivity contribution in [2.24, 2.45) is 0 Å². The lowest BCUT2D eigenvalue weighted by molar-refractivity contribution is -0.141. The minimum atomic E-state index is -0.706. The van der Waals surface area contributed by atoms with Crippen molar-refractivity contribution in [2.45, 2.75) is 45.7 Å². The van der Waals surface area contributed by atoms with Crippen molar-refractivity contribution in [2.75, 3.05) is 7.11 Å². The third kappa shape index (κ3) is 5.27. The standard InChI is InChI=1S/C16H22FNO3/c1-10-8-11(6-7-12(10)17)15(20)13(9-14(19)21-5)18-16(2,3)4/h6-8,13,18H,9H2,1-5H3. The van der Waals surface area contributed by atoms with E-state index in [1.807, 2.05) is 20.8 Å². The third-order valence-corrected chi connectivity index (χ3v) is 2.96. The monoisotopic (exact) mass is 295 g/mol. The number of esters is 1. The van der Waals surface area contributed by atoms with Crippen molar-refractivity contribution in [1.29, 1.82) is 0 Å². The average Bonchev–Trinajstić information content (AvgIpc) is 2.38. The van der Waals surface area contributed by atoms with Crippen molar-refractivity contribution in [3.63, 3.8) is 0 Å². The molecule has 1 aromatic rings. The van der Waals surface area contributed by atoms with E-state index in [0.717, 1.165) is 0 Å². The van der Waals surface area contributed by atoms with Crippen LogP contribution in [-0.4, -0.2) is 30.4 Å². The maximum absolute atomic E-state index is 13.3. The maximum atomic E-state index is 13.3. The molecule has 0 saturated carbocycles. The van der Waals surface area contributed by atoms with E-state index in [-0.39, 0.29) is 23.6 Å². The fourth-order valence-corrected chi connectivity index (χ4v) is 1.98. The minimum Gasteiger partial charge on any atom is -0.469 e. The number of hydrogen-bond acceptors (Lipinski definition) is 4. The van der Waals surface area contributed by atoms with Gasteiger partial charge in [0.25, 0.3) is 0 Å². The largest absolute Gasteiger partial charge is 0.469 e. The van der Waals surface area contributed by atoms with E-state index in [0.29, 0.717) is 11.1 Å². The Labute approximate surface area is 124 Å². The van der Waals surface area contributed by atoms with Crippen LogP contribution < -0.4 is 5.32 Å². The van der Waals surface area contributed by atoms with Gasteiger partial charge in [-0.1, -0.05) is 0 Å². The van der Waals surface area contributed by atoms with Gasteiger partial charge in [-0.05, 0) is 51.5 Å². The quantitative estimate of drug-likeness (QED) is 0.670. The SMILES string of the molecule is COC(=O)CC(NC(C)(C)C)C(=O)c1ccc(F)c(C)c1. The molecule has 1 rings (SSSR count). The number of ether oxygens (including phenoxy) is 1. The first kappa shape index (κ1) is 17.3. The molecule has 1 unspecified atom stereocenters. The van der Waals surface area contributed by atoms with Crippen molar-refractivity contribution >= 4 is 11.8 Å². The zero-order chi connectivity index (χ0) is 16.2. The zero-order valence-corrected chi connectivity index (χ0v) is 13.1. The van der Waals surface area contributed by atoms with Crippen LogP contribution in [0.2, 0.25) is 0 Å². The number of methoxy groups -OCH3 is 1. The van der Waals surface area contributed by atoms with Crippen LogP contribution in [0.15, 0.2) is 18.2 Å². The number of ketones is 1. The molecule has 5 heteroatoms. The molecule has 0 bridgehead atoms. The summed E-state index contributed by atoms with van der Waals surface area (Å²) < 4.78 is 17.9. The predicted octanol–water partition coefficient (Wildman–Crippen LogP) is 2.64. The van der Waals surface area contributed by atoms with E-state index in [9.17, 15) is 14.0 Å². The van der Waals surface area contributed by atoms with Gasteiger partial charge >= 0.3 is 5.97 Å². The summed E-state index contributed by atoms with van der Waals surface area (Å²) in [6.45, 7) is 7.31. The van der Waals surface area contributed by atoms with Gasteiger partial charge in [0.15, 0.2) is 5.78 Å². The normalized spacial score (nSPS) is 12.9. The lowest BCUT2D eigenvalue weighted by Gasteiger charge is -2.27. The average molecular weight is 295 g/mol. The predicted molar refractivity (Wildman–Crippen MR) is 78.8 cm³/mol. The van der Waals surface area contributed by atoms with Crippen molar-refractivity contribution < 1.29 is 18.7 Å². The molecule has 116 valence electrons. The summed E-state index contributed by atoms with van der Waals surface area (Å²) in [5.41, 5.74) is 0.427. The summed E-state index contributed by atoms with van der Waals surface area (Å²) in [5.74, 6) is -1.08. The second kappa shape index (κ2) is 6.80. The summed E-state index contributed by atoms with van der Waals surface area (Å²) in [6, 6.07) is 3.47. The first-order chi connectivity index (χ1) is 9.64. The highest BCUT2D eigenvalue weighted by Crippen LogP contribution is 2.15. The highest BCUT2D eigenvalue weighted by molar-refractivity contribution is 6.02. The van der Waals surface area contributed by atoms with Gasteiger partial charge in [0, 0.05) is 11.1 Å². The molecule has 0 aliphatic rings. The van der Waals surface area contributed by atoms with Gasteiger partial charge in [-0.15, -0.1) is 0 Å². The van der Waals surface area contributed by atoms with Crippen molar-refractivity contribution in [1.82, 2.24) is 5.32 Å². The number of carbonyl (C=O) groups is 2. The number of benzene rings is 1. The van der Waals surface area contributed by atoms with Crippen molar-refractivity contribution in [3.8, 4) is 0 Å². The summed E-state index contributed by atoms with van der Waals surface area (Å²) >= 11 is 0. The fourth-order valence-electron chi connectivity index (χ4n) is 1.98. The van der Waals surface area contributed by atoms with Gasteiger partial charge in [0.05, 0.1) is 19.6 Å².